The molecule has 0 aliphatic carbocycles. The maximum Gasteiger partial charge on any atom is 0.252 e. The maximum atomic E-state index is 12.7. The molecule has 0 radical (unpaired) electrons. The topological polar surface area (TPSA) is 122 Å². The van der Waals surface area contributed by atoms with Crippen LogP contribution in [0.5, 0.6) is 0 Å². The molecule has 3 amide bonds. The normalized spacial score (nSPS) is 13.3. The summed E-state index contributed by atoms with van der Waals surface area (Å²) in [5.74, 6) is 0.463. The average molecular weight is 407 g/mol. The second kappa shape index (κ2) is 11.4. The first-order valence-electron chi connectivity index (χ1n) is 9.56. The van der Waals surface area contributed by atoms with E-state index in [0.717, 1.165) is 0 Å². The van der Waals surface area contributed by atoms with Gasteiger partial charge in [-0.25, -0.2) is 0 Å². The van der Waals surface area contributed by atoms with Crippen LogP contribution in [-0.4, -0.2) is 35.0 Å². The summed E-state index contributed by atoms with van der Waals surface area (Å²) >= 11 is 0. The zero-order chi connectivity index (χ0) is 21.9. The summed E-state index contributed by atoms with van der Waals surface area (Å²) in [6.07, 6.45) is 4.74. The van der Waals surface area contributed by atoms with Gasteiger partial charge in [0.1, 0.15) is 6.04 Å². The largest absolute Gasteiger partial charge is 0.381 e. The van der Waals surface area contributed by atoms with Gasteiger partial charge in [0.05, 0.1) is 6.04 Å². The first-order valence-corrected chi connectivity index (χ1v) is 9.56. The Labute approximate surface area is 175 Å². The molecule has 7 heteroatoms. The predicted octanol–water partition coefficient (Wildman–Crippen LogP) is 1.29. The van der Waals surface area contributed by atoms with Gasteiger partial charge in [0.15, 0.2) is 6.10 Å². The summed E-state index contributed by atoms with van der Waals surface area (Å²) < 4.78 is 0. The lowest BCUT2D eigenvalue weighted by molar-refractivity contribution is -0.134. The number of rotatable bonds is 10. The highest BCUT2D eigenvalue weighted by molar-refractivity contribution is 5.95. The predicted molar refractivity (Wildman–Crippen MR) is 113 cm³/mol. The molecule has 30 heavy (non-hydrogen) atoms. The first-order chi connectivity index (χ1) is 14.4. The van der Waals surface area contributed by atoms with E-state index in [9.17, 15) is 19.5 Å². The summed E-state index contributed by atoms with van der Waals surface area (Å²) in [6.45, 7) is 0. The Morgan fingerprint density at radius 1 is 1.00 bits per heavy atom. The number of hydrogen-bond acceptors (Lipinski definition) is 4. The average Bonchev–Trinajstić information content (AvgIpc) is 2.77. The van der Waals surface area contributed by atoms with Gasteiger partial charge in [-0.2, -0.15) is 0 Å². The Kier molecular flexibility index (Phi) is 8.60. The number of nitrogens with two attached hydrogens (primary N) is 1. The summed E-state index contributed by atoms with van der Waals surface area (Å²) in [7, 11) is 0. The smallest absolute Gasteiger partial charge is 0.252 e. The van der Waals surface area contributed by atoms with E-state index >= 15 is 0 Å². The van der Waals surface area contributed by atoms with Gasteiger partial charge >= 0.3 is 0 Å². The second-order valence-corrected chi connectivity index (χ2v) is 6.73. The van der Waals surface area contributed by atoms with Crippen molar-refractivity contribution in [1.29, 1.82) is 0 Å². The van der Waals surface area contributed by atoms with E-state index in [0.29, 0.717) is 24.0 Å². The van der Waals surface area contributed by atoms with Gasteiger partial charge in [-0.3, -0.25) is 14.4 Å². The third-order valence-corrected chi connectivity index (χ3v) is 4.54. The van der Waals surface area contributed by atoms with E-state index in [4.69, 9.17) is 12.2 Å². The fraction of sp³-hybridized carbons (Fsp3) is 0.261. The molecule has 0 heterocycles. The van der Waals surface area contributed by atoms with Gasteiger partial charge in [0.2, 0.25) is 5.91 Å². The van der Waals surface area contributed by atoms with Gasteiger partial charge in [-0.15, -0.1) is 12.3 Å². The number of carbonyl (C=O) groups is 3. The second-order valence-electron chi connectivity index (χ2n) is 6.73. The van der Waals surface area contributed by atoms with Crippen LogP contribution in [0.3, 0.4) is 0 Å². The molecule has 0 spiro atoms. The Bertz CT molecular complexity index is 894. The number of aliphatic hydroxyl groups is 1. The van der Waals surface area contributed by atoms with E-state index in [2.05, 4.69) is 16.6 Å². The van der Waals surface area contributed by atoms with E-state index in [1.165, 1.54) is 0 Å². The number of aliphatic hydroxyl groups excluding tert-OH is 1. The fourth-order valence-electron chi connectivity index (χ4n) is 2.92. The fourth-order valence-corrected chi connectivity index (χ4v) is 2.92. The molecule has 0 aliphatic heterocycles. The number of carbonyl (C=O) groups excluding carboxylic acids is 3. The highest BCUT2D eigenvalue weighted by Crippen LogP contribution is 2.18. The number of benzene rings is 2. The molecule has 0 unspecified atom stereocenters. The van der Waals surface area contributed by atoms with Crippen LogP contribution in [-0.2, 0) is 9.59 Å². The van der Waals surface area contributed by atoms with Gasteiger partial charge in [0, 0.05) is 12.0 Å². The molecule has 7 nitrogen and oxygen atoms in total. The number of terminal acetylenes is 1. The number of unbranched alkanes of at least 4 members (excludes halogenated alkanes) is 1. The van der Waals surface area contributed by atoms with Crippen molar-refractivity contribution in [3.63, 3.8) is 0 Å². The van der Waals surface area contributed by atoms with Crippen LogP contribution < -0.4 is 16.4 Å². The van der Waals surface area contributed by atoms with E-state index < -0.39 is 35.9 Å². The number of hydrogen-bond donors (Lipinski definition) is 4. The minimum absolute atomic E-state index is 0.254. The van der Waals surface area contributed by atoms with E-state index in [1.807, 2.05) is 0 Å². The summed E-state index contributed by atoms with van der Waals surface area (Å²) in [4.78, 5) is 36.9. The van der Waals surface area contributed by atoms with Gasteiger partial charge in [-0.1, -0.05) is 48.5 Å². The first kappa shape index (κ1) is 22.7. The molecule has 0 saturated carbocycles. The summed E-state index contributed by atoms with van der Waals surface area (Å²) in [5.41, 5.74) is 6.27. The molecular formula is C23H25N3O4. The Hall–Kier alpha value is -3.63. The van der Waals surface area contributed by atoms with Crippen LogP contribution in [0, 0.1) is 12.3 Å². The van der Waals surface area contributed by atoms with Crippen LogP contribution in [0.15, 0.2) is 60.7 Å². The van der Waals surface area contributed by atoms with Crippen molar-refractivity contribution >= 4 is 17.7 Å². The maximum absolute atomic E-state index is 12.7. The van der Waals surface area contributed by atoms with E-state index in [1.54, 1.807) is 60.7 Å². The molecule has 3 atom stereocenters. The third-order valence-electron chi connectivity index (χ3n) is 4.54. The Morgan fingerprint density at radius 2 is 1.60 bits per heavy atom. The lowest BCUT2D eigenvalue weighted by atomic mass is 9.99. The van der Waals surface area contributed by atoms with Crippen LogP contribution in [0.2, 0.25) is 0 Å². The molecule has 0 aliphatic rings. The number of nitrogens with one attached hydrogen (secondary N) is 2. The van der Waals surface area contributed by atoms with Gasteiger partial charge < -0.3 is 21.5 Å². The molecule has 0 fully saturated rings. The quantitative estimate of drug-likeness (QED) is 0.350. The lowest BCUT2D eigenvalue weighted by Crippen LogP contribution is -2.51. The number of primary amides is 1. The molecule has 0 aromatic heterocycles. The van der Waals surface area contributed by atoms with Crippen molar-refractivity contribution in [2.75, 3.05) is 0 Å². The zero-order valence-corrected chi connectivity index (χ0v) is 16.5. The molecular weight excluding hydrogens is 382 g/mol. The highest BCUT2D eigenvalue weighted by Gasteiger charge is 2.31. The highest BCUT2D eigenvalue weighted by atomic mass is 16.3. The molecule has 2 aromatic rings. The third kappa shape index (κ3) is 6.47. The van der Waals surface area contributed by atoms with Crippen LogP contribution >= 0.6 is 0 Å². The summed E-state index contributed by atoms with van der Waals surface area (Å²) in [5, 5.41) is 15.9. The van der Waals surface area contributed by atoms with Crippen molar-refractivity contribution in [2.24, 2.45) is 5.73 Å². The van der Waals surface area contributed by atoms with Gasteiger partial charge in [0.25, 0.3) is 11.8 Å². The monoisotopic (exact) mass is 407 g/mol. The van der Waals surface area contributed by atoms with Crippen molar-refractivity contribution in [2.45, 2.75) is 37.5 Å². The molecule has 2 aromatic carbocycles. The minimum Gasteiger partial charge on any atom is -0.381 e. The van der Waals surface area contributed by atoms with Crippen molar-refractivity contribution in [3.05, 3.63) is 71.8 Å². The molecule has 0 saturated heterocycles. The lowest BCUT2D eigenvalue weighted by Gasteiger charge is -2.25. The Balaban J connectivity index is 2.18. The van der Waals surface area contributed by atoms with Crippen molar-refractivity contribution in [1.82, 2.24) is 10.6 Å². The van der Waals surface area contributed by atoms with E-state index in [-0.39, 0.29) is 6.42 Å². The van der Waals surface area contributed by atoms with Gasteiger partial charge in [-0.05, 0) is 30.5 Å². The van der Waals surface area contributed by atoms with Crippen LogP contribution in [0.1, 0.15) is 41.2 Å². The molecule has 5 N–H and O–H groups in total. The molecule has 2 rings (SSSR count). The zero-order valence-electron chi connectivity index (χ0n) is 16.5. The Morgan fingerprint density at radius 3 is 2.17 bits per heavy atom. The number of amides is 3. The summed E-state index contributed by atoms with van der Waals surface area (Å²) in [6, 6.07) is 15.1. The standard InChI is InChI=1S/C23H25N3O4/c1-2-3-6-15-18(21(24)28)25-23(30)20(27)19(16-11-7-4-8-12-16)26-22(29)17-13-9-5-10-14-17/h1,4-5,7-14,18-20,27H,3,6,15H2,(H2,24,28)(H,25,30)(H,26,29)/t18-,19-,20+/m0/s1. The molecule has 156 valence electrons. The minimum atomic E-state index is -1.64. The molecule has 0 bridgehead atoms. The SMILES string of the molecule is C#CCCC[C@H](NC(=O)[C@H](O)[C@@H](NC(=O)c1ccccc1)c1ccccc1)C(N)=O. The van der Waals surface area contributed by atoms with Crippen LogP contribution in [0.25, 0.3) is 0 Å². The van der Waals surface area contributed by atoms with Crippen molar-refractivity contribution < 1.29 is 19.5 Å². The van der Waals surface area contributed by atoms with Crippen LogP contribution in [0.4, 0.5) is 0 Å². The van der Waals surface area contributed by atoms with Crippen molar-refractivity contribution in [3.8, 4) is 12.3 Å².